The summed E-state index contributed by atoms with van der Waals surface area (Å²) in [5.41, 5.74) is 6.64. The normalized spacial score (nSPS) is 19.4. The quantitative estimate of drug-likeness (QED) is 0.458. The van der Waals surface area contributed by atoms with Gasteiger partial charge in [-0.2, -0.15) is 0 Å². The van der Waals surface area contributed by atoms with Crippen LogP contribution >= 0.6 is 0 Å². The molecule has 1 N–H and O–H groups in total. The Hall–Kier alpha value is -3.38. The van der Waals surface area contributed by atoms with Crippen LogP contribution in [0.5, 0.6) is 0 Å². The van der Waals surface area contributed by atoms with E-state index in [1.165, 1.54) is 23.4 Å². The van der Waals surface area contributed by atoms with Crippen molar-refractivity contribution in [2.45, 2.75) is 13.5 Å². The largest absolute Gasteiger partial charge is 0.396 e. The average Bonchev–Trinajstić information content (AvgIpc) is 3.51. The van der Waals surface area contributed by atoms with E-state index in [-0.39, 0.29) is 12.4 Å². The first-order valence-corrected chi connectivity index (χ1v) is 11.1. The van der Waals surface area contributed by atoms with Gasteiger partial charge in [0.15, 0.2) is 5.82 Å². The number of nitrogens with zero attached hydrogens (tertiary/aromatic N) is 4. The van der Waals surface area contributed by atoms with Gasteiger partial charge in [-0.05, 0) is 53.4 Å². The van der Waals surface area contributed by atoms with E-state index in [9.17, 15) is 9.50 Å². The number of benzene rings is 2. The van der Waals surface area contributed by atoms with Gasteiger partial charge < -0.3 is 14.6 Å². The zero-order chi connectivity index (χ0) is 21.8. The number of hydrogen-bond donors (Lipinski definition) is 1. The van der Waals surface area contributed by atoms with Crippen LogP contribution in [0.15, 0.2) is 67.1 Å². The third-order valence-corrected chi connectivity index (χ3v) is 6.97. The molecule has 32 heavy (non-hydrogen) atoms. The van der Waals surface area contributed by atoms with Crippen molar-refractivity contribution in [1.29, 1.82) is 0 Å². The first kappa shape index (κ1) is 19.3. The van der Waals surface area contributed by atoms with E-state index in [2.05, 4.69) is 56.4 Å². The number of hydrogen-bond acceptors (Lipinski definition) is 3. The Balaban J connectivity index is 1.42. The molecule has 1 saturated heterocycles. The molecule has 4 heterocycles. The highest BCUT2D eigenvalue weighted by atomic mass is 19.1. The Kier molecular flexibility index (Phi) is 4.43. The van der Waals surface area contributed by atoms with E-state index >= 15 is 0 Å². The van der Waals surface area contributed by atoms with Crippen LogP contribution in [0.2, 0.25) is 0 Å². The Morgan fingerprint density at radius 1 is 1.06 bits per heavy atom. The van der Waals surface area contributed by atoms with Crippen LogP contribution in [0.4, 0.5) is 10.1 Å². The van der Waals surface area contributed by atoms with Gasteiger partial charge in [0.2, 0.25) is 0 Å². The second kappa shape index (κ2) is 7.35. The van der Waals surface area contributed by atoms with Gasteiger partial charge in [-0.25, -0.2) is 9.37 Å². The van der Waals surface area contributed by atoms with Crippen LogP contribution in [-0.4, -0.2) is 38.9 Å². The standard InChI is InChI=1S/C26H25FN4O/c1-17-12-29(15-21(17)16-32)23-6-7-24-20(10-23)14-30-13-19(18-2-4-22(27)5-3-18)11-25(30)26-28-8-9-31(24)26/h2-11,13,17,21,32H,12,14-16H2,1H3/t17-,21+/m1/s1. The van der Waals surface area contributed by atoms with Gasteiger partial charge in [0.25, 0.3) is 0 Å². The van der Waals surface area contributed by atoms with Crippen molar-refractivity contribution >= 4 is 5.69 Å². The molecule has 6 rings (SSSR count). The van der Waals surface area contributed by atoms with Crippen LogP contribution in [0, 0.1) is 17.7 Å². The minimum Gasteiger partial charge on any atom is -0.396 e. The number of rotatable bonds is 3. The number of fused-ring (bicyclic) bond motifs is 5. The fourth-order valence-electron chi connectivity index (χ4n) is 5.11. The lowest BCUT2D eigenvalue weighted by molar-refractivity contribution is 0.212. The zero-order valence-corrected chi connectivity index (χ0v) is 17.9. The highest BCUT2D eigenvalue weighted by Crippen LogP contribution is 2.36. The molecule has 2 aliphatic heterocycles. The van der Waals surface area contributed by atoms with Crippen molar-refractivity contribution in [3.63, 3.8) is 0 Å². The van der Waals surface area contributed by atoms with Crippen molar-refractivity contribution < 1.29 is 9.50 Å². The molecule has 2 aromatic heterocycles. The maximum atomic E-state index is 13.4. The monoisotopic (exact) mass is 428 g/mol. The fraction of sp³-hybridized carbons (Fsp3) is 0.269. The maximum Gasteiger partial charge on any atom is 0.161 e. The maximum absolute atomic E-state index is 13.4. The van der Waals surface area contributed by atoms with Crippen molar-refractivity contribution in [3.05, 3.63) is 78.5 Å². The molecule has 1 fully saturated rings. The Morgan fingerprint density at radius 2 is 1.91 bits per heavy atom. The predicted molar refractivity (Wildman–Crippen MR) is 123 cm³/mol. The lowest BCUT2D eigenvalue weighted by atomic mass is 10.00. The van der Waals surface area contributed by atoms with Gasteiger partial charge in [0.05, 0.1) is 11.4 Å². The molecule has 2 aliphatic rings. The SMILES string of the molecule is C[C@@H]1CN(c2ccc3c(c2)Cn2cc(-c4ccc(F)cc4)cc2-c2nccn2-3)C[C@H]1CO. The highest BCUT2D eigenvalue weighted by molar-refractivity contribution is 5.72. The summed E-state index contributed by atoms with van der Waals surface area (Å²) in [5, 5.41) is 9.68. The molecule has 0 bridgehead atoms. The molecular formula is C26H25FN4O. The van der Waals surface area contributed by atoms with E-state index in [4.69, 9.17) is 0 Å². The molecule has 0 aliphatic carbocycles. The molecule has 0 unspecified atom stereocenters. The fourth-order valence-corrected chi connectivity index (χ4v) is 5.11. The summed E-state index contributed by atoms with van der Waals surface area (Å²) >= 11 is 0. The van der Waals surface area contributed by atoms with Crippen LogP contribution < -0.4 is 4.90 Å². The molecule has 2 aromatic carbocycles. The summed E-state index contributed by atoms with van der Waals surface area (Å²) in [7, 11) is 0. The summed E-state index contributed by atoms with van der Waals surface area (Å²) in [6.45, 7) is 5.03. The summed E-state index contributed by atoms with van der Waals surface area (Å²) in [6.07, 6.45) is 5.97. The Labute approximate surface area is 186 Å². The Morgan fingerprint density at radius 3 is 2.69 bits per heavy atom. The van der Waals surface area contributed by atoms with E-state index < -0.39 is 0 Å². The molecule has 4 aromatic rings. The summed E-state index contributed by atoms with van der Waals surface area (Å²) in [5.74, 6) is 1.47. The third-order valence-electron chi connectivity index (χ3n) is 6.97. The summed E-state index contributed by atoms with van der Waals surface area (Å²) < 4.78 is 17.8. The first-order chi connectivity index (χ1) is 15.6. The molecule has 0 saturated carbocycles. The van der Waals surface area contributed by atoms with E-state index in [1.54, 1.807) is 0 Å². The lowest BCUT2D eigenvalue weighted by Crippen LogP contribution is -2.21. The number of imidazole rings is 1. The van der Waals surface area contributed by atoms with Gasteiger partial charge in [-0.15, -0.1) is 0 Å². The molecule has 0 spiro atoms. The van der Waals surface area contributed by atoms with E-state index in [0.717, 1.165) is 48.0 Å². The molecule has 162 valence electrons. The first-order valence-electron chi connectivity index (χ1n) is 11.1. The van der Waals surface area contributed by atoms with Crippen molar-refractivity contribution in [1.82, 2.24) is 14.1 Å². The van der Waals surface area contributed by atoms with Crippen LogP contribution in [0.1, 0.15) is 12.5 Å². The van der Waals surface area contributed by atoms with Crippen molar-refractivity contribution in [2.24, 2.45) is 11.8 Å². The number of anilines is 1. The van der Waals surface area contributed by atoms with E-state index in [0.29, 0.717) is 11.8 Å². The summed E-state index contributed by atoms with van der Waals surface area (Å²) in [4.78, 5) is 7.03. The molecule has 0 amide bonds. The summed E-state index contributed by atoms with van der Waals surface area (Å²) in [6, 6.07) is 15.4. The van der Waals surface area contributed by atoms with Gasteiger partial charge in [-0.1, -0.05) is 19.1 Å². The van der Waals surface area contributed by atoms with Crippen LogP contribution in [-0.2, 0) is 6.54 Å². The highest BCUT2D eigenvalue weighted by Gasteiger charge is 2.30. The zero-order valence-electron chi connectivity index (χ0n) is 17.9. The Bertz CT molecular complexity index is 1290. The van der Waals surface area contributed by atoms with Gasteiger partial charge >= 0.3 is 0 Å². The average molecular weight is 429 g/mol. The predicted octanol–water partition coefficient (Wildman–Crippen LogP) is 4.57. The molecular weight excluding hydrogens is 403 g/mol. The van der Waals surface area contributed by atoms with Gasteiger partial charge in [-0.3, -0.25) is 4.57 Å². The number of aliphatic hydroxyl groups is 1. The van der Waals surface area contributed by atoms with E-state index in [1.807, 2.05) is 24.5 Å². The van der Waals surface area contributed by atoms with Crippen molar-refractivity contribution in [3.8, 4) is 28.3 Å². The smallest absolute Gasteiger partial charge is 0.161 e. The number of aromatic nitrogens is 3. The van der Waals surface area contributed by atoms with Crippen LogP contribution in [0.3, 0.4) is 0 Å². The molecule has 2 atom stereocenters. The number of halogens is 1. The van der Waals surface area contributed by atoms with Gasteiger partial charge in [0, 0.05) is 62.0 Å². The molecule has 6 heteroatoms. The second-order valence-electron chi connectivity index (χ2n) is 9.01. The minimum absolute atomic E-state index is 0.230. The minimum atomic E-state index is -0.230. The molecule has 0 radical (unpaired) electrons. The van der Waals surface area contributed by atoms with Crippen molar-refractivity contribution in [2.75, 3.05) is 24.6 Å². The number of aliphatic hydroxyl groups excluding tert-OH is 1. The topological polar surface area (TPSA) is 46.2 Å². The van der Waals surface area contributed by atoms with Gasteiger partial charge in [0.1, 0.15) is 5.82 Å². The van der Waals surface area contributed by atoms with Crippen LogP contribution in [0.25, 0.3) is 28.3 Å². The third kappa shape index (κ3) is 3.06. The molecule has 5 nitrogen and oxygen atoms in total. The second-order valence-corrected chi connectivity index (χ2v) is 9.01. The lowest BCUT2D eigenvalue weighted by Gasteiger charge is -2.21.